The highest BCUT2D eigenvalue weighted by Gasteiger charge is 2.39. The van der Waals surface area contributed by atoms with Crippen LogP contribution in [0.15, 0.2) is 23.2 Å². The molecule has 2 saturated heterocycles. The summed E-state index contributed by atoms with van der Waals surface area (Å²) in [6.45, 7) is 3.70. The molecule has 0 spiro atoms. The van der Waals surface area contributed by atoms with E-state index in [1.54, 1.807) is 4.90 Å². The molecule has 3 heterocycles. The molecule has 1 aromatic rings. The third-order valence-electron chi connectivity index (χ3n) is 7.11. The second-order valence-corrected chi connectivity index (χ2v) is 9.31. The second-order valence-electron chi connectivity index (χ2n) is 9.31. The Balaban J connectivity index is 1.46. The number of para-hydroxylation sites is 1. The van der Waals surface area contributed by atoms with Crippen LogP contribution in [-0.4, -0.2) is 48.2 Å². The minimum absolute atomic E-state index is 0.0356. The Morgan fingerprint density at radius 1 is 1.10 bits per heavy atom. The highest BCUT2D eigenvalue weighted by molar-refractivity contribution is 6.15. The van der Waals surface area contributed by atoms with E-state index in [2.05, 4.69) is 4.99 Å². The number of anilines is 1. The van der Waals surface area contributed by atoms with Crippen molar-refractivity contribution in [2.45, 2.75) is 51.6 Å². The van der Waals surface area contributed by atoms with Crippen molar-refractivity contribution in [3.63, 3.8) is 0 Å². The van der Waals surface area contributed by atoms with E-state index in [0.29, 0.717) is 17.8 Å². The van der Waals surface area contributed by atoms with Crippen LogP contribution in [0.2, 0.25) is 0 Å². The van der Waals surface area contributed by atoms with E-state index in [0.717, 1.165) is 48.5 Å². The van der Waals surface area contributed by atoms with E-state index < -0.39 is 6.17 Å². The normalized spacial score (nSPS) is 29.2. The lowest BCUT2D eigenvalue weighted by atomic mass is 9.84. The van der Waals surface area contributed by atoms with Crippen molar-refractivity contribution in [2.24, 2.45) is 28.5 Å². The number of aryl methyl sites for hydroxylation is 1. The fraction of sp³-hybridized carbons (Fsp3) is 0.609. The number of carbonyl (C=O) groups is 2. The molecular weight excluding hydrogens is 364 g/mol. The summed E-state index contributed by atoms with van der Waals surface area (Å²) < 4.78 is 0. The van der Waals surface area contributed by atoms with Gasteiger partial charge in [-0.2, -0.15) is 0 Å². The first-order valence-corrected chi connectivity index (χ1v) is 11.0. The molecule has 154 valence electrons. The summed E-state index contributed by atoms with van der Waals surface area (Å²) in [6, 6.07) is 6.02. The fourth-order valence-corrected chi connectivity index (χ4v) is 5.34. The molecule has 2 saturated carbocycles. The number of benzene rings is 1. The number of nitrogens with two attached hydrogens (primary N) is 1. The van der Waals surface area contributed by atoms with Gasteiger partial charge in [-0.25, -0.2) is 0 Å². The molecule has 1 atom stereocenters. The number of hydrogen-bond donors (Lipinski definition) is 1. The lowest BCUT2D eigenvalue weighted by molar-refractivity contribution is -0.132. The molecule has 29 heavy (non-hydrogen) atoms. The predicted molar refractivity (Wildman–Crippen MR) is 113 cm³/mol. The smallest absolute Gasteiger partial charge is 0.266 e. The van der Waals surface area contributed by atoms with Gasteiger partial charge < -0.3 is 10.6 Å². The molecule has 2 N–H and O–H groups in total. The van der Waals surface area contributed by atoms with E-state index in [4.69, 9.17) is 5.73 Å². The van der Waals surface area contributed by atoms with Crippen LogP contribution in [0.1, 0.15) is 49.7 Å². The van der Waals surface area contributed by atoms with Crippen LogP contribution in [0.3, 0.4) is 0 Å². The fourth-order valence-electron chi connectivity index (χ4n) is 5.34. The van der Waals surface area contributed by atoms with Crippen molar-refractivity contribution < 1.29 is 9.59 Å². The molecule has 1 unspecified atom stereocenters. The molecule has 2 aliphatic carbocycles. The summed E-state index contributed by atoms with van der Waals surface area (Å²) in [4.78, 5) is 34.7. The van der Waals surface area contributed by atoms with Gasteiger partial charge in [-0.05, 0) is 62.8 Å². The largest absolute Gasteiger partial charge is 0.341 e. The summed E-state index contributed by atoms with van der Waals surface area (Å²) in [7, 11) is 0. The quantitative estimate of drug-likeness (QED) is 0.855. The van der Waals surface area contributed by atoms with Crippen LogP contribution in [0.25, 0.3) is 0 Å². The average molecular weight is 395 g/mol. The summed E-state index contributed by atoms with van der Waals surface area (Å²) >= 11 is 0. The highest BCUT2D eigenvalue weighted by atomic mass is 16.2. The molecule has 0 radical (unpaired) electrons. The van der Waals surface area contributed by atoms with Crippen molar-refractivity contribution in [1.29, 1.82) is 0 Å². The lowest BCUT2D eigenvalue weighted by Crippen LogP contribution is -2.49. The molecule has 4 fully saturated rings. The molecule has 6 heteroatoms. The number of fused-ring (bicyclic) bond motifs is 5. The van der Waals surface area contributed by atoms with E-state index in [1.807, 2.05) is 30.0 Å². The molecular formula is C23H30N4O2. The maximum absolute atomic E-state index is 13.3. The first kappa shape index (κ1) is 18.8. The van der Waals surface area contributed by atoms with Crippen molar-refractivity contribution in [1.82, 2.24) is 4.90 Å². The third kappa shape index (κ3) is 3.48. The first-order chi connectivity index (χ1) is 14.0. The Morgan fingerprint density at radius 3 is 2.38 bits per heavy atom. The van der Waals surface area contributed by atoms with Crippen molar-refractivity contribution in [3.8, 4) is 0 Å². The maximum atomic E-state index is 13.3. The molecule has 0 aromatic heterocycles. The summed E-state index contributed by atoms with van der Waals surface area (Å²) in [5.74, 6) is 1.36. The zero-order chi connectivity index (χ0) is 20.1. The van der Waals surface area contributed by atoms with Crippen molar-refractivity contribution in [2.75, 3.05) is 24.5 Å². The molecule has 5 aliphatic rings. The minimum atomic E-state index is -0.939. The van der Waals surface area contributed by atoms with E-state index in [-0.39, 0.29) is 18.4 Å². The van der Waals surface area contributed by atoms with Crippen LogP contribution in [0.5, 0.6) is 0 Å². The summed E-state index contributed by atoms with van der Waals surface area (Å²) in [5.41, 5.74) is 9.90. The second kappa shape index (κ2) is 7.24. The zero-order valence-corrected chi connectivity index (χ0v) is 17.1. The van der Waals surface area contributed by atoms with Gasteiger partial charge in [-0.3, -0.25) is 19.5 Å². The van der Waals surface area contributed by atoms with Gasteiger partial charge in [-0.15, -0.1) is 0 Å². The van der Waals surface area contributed by atoms with Gasteiger partial charge in [0.25, 0.3) is 5.91 Å². The number of benzodiazepines with no additional fused rings is 1. The molecule has 2 bridgehead atoms. The van der Waals surface area contributed by atoms with Crippen LogP contribution >= 0.6 is 0 Å². The Kier molecular flexibility index (Phi) is 4.69. The van der Waals surface area contributed by atoms with Gasteiger partial charge in [0, 0.05) is 30.3 Å². The molecule has 2 amide bonds. The average Bonchev–Trinajstić information content (AvgIpc) is 3.57. The summed E-state index contributed by atoms with van der Waals surface area (Å²) in [5, 5.41) is 0. The Bertz CT molecular complexity index is 854. The molecule has 6 nitrogen and oxygen atoms in total. The van der Waals surface area contributed by atoms with Crippen molar-refractivity contribution in [3.05, 3.63) is 29.3 Å². The number of nitrogens with zero attached hydrogens (tertiary/aromatic N) is 3. The standard InChI is InChI=1S/C23H30N4O2/c1-14-3-2-4-18-20(17-9-10-17)25-22(24)23(29)27(21(14)18)13-19(28)26-11-15-5-6-16(12-26)8-7-15/h2-4,15-17,22H,5-13,24H2,1H3. The molecule has 1 aromatic carbocycles. The Labute approximate surface area is 172 Å². The number of rotatable bonds is 3. The van der Waals surface area contributed by atoms with Gasteiger partial charge in [0.05, 0.1) is 5.69 Å². The highest BCUT2D eigenvalue weighted by Crippen LogP contribution is 2.39. The van der Waals surface area contributed by atoms with Gasteiger partial charge >= 0.3 is 0 Å². The van der Waals surface area contributed by atoms with Gasteiger partial charge in [0.2, 0.25) is 5.91 Å². The maximum Gasteiger partial charge on any atom is 0.266 e. The van der Waals surface area contributed by atoms with E-state index in [1.165, 1.54) is 25.7 Å². The zero-order valence-electron chi connectivity index (χ0n) is 17.1. The van der Waals surface area contributed by atoms with Crippen LogP contribution in [0.4, 0.5) is 5.69 Å². The number of hydrogen-bond acceptors (Lipinski definition) is 4. The van der Waals surface area contributed by atoms with Gasteiger partial charge in [0.15, 0.2) is 6.17 Å². The number of aliphatic imine (C=N–C) groups is 1. The lowest BCUT2D eigenvalue weighted by Gasteiger charge is -2.29. The van der Waals surface area contributed by atoms with Crippen LogP contribution in [0, 0.1) is 24.7 Å². The minimum Gasteiger partial charge on any atom is -0.341 e. The van der Waals surface area contributed by atoms with Crippen LogP contribution in [-0.2, 0) is 9.59 Å². The molecule has 6 rings (SSSR count). The Hall–Kier alpha value is -2.21. The van der Waals surface area contributed by atoms with Crippen LogP contribution < -0.4 is 10.6 Å². The summed E-state index contributed by atoms with van der Waals surface area (Å²) in [6.07, 6.45) is 6.13. The predicted octanol–water partition coefficient (Wildman–Crippen LogP) is 2.47. The number of carbonyl (C=O) groups excluding carboxylic acids is 2. The Morgan fingerprint density at radius 2 is 1.76 bits per heavy atom. The van der Waals surface area contributed by atoms with E-state index in [9.17, 15) is 9.59 Å². The first-order valence-electron chi connectivity index (χ1n) is 11.0. The monoisotopic (exact) mass is 394 g/mol. The van der Waals surface area contributed by atoms with E-state index >= 15 is 0 Å². The third-order valence-corrected chi connectivity index (χ3v) is 7.11. The topological polar surface area (TPSA) is 79.0 Å². The number of amides is 2. The van der Waals surface area contributed by atoms with Gasteiger partial charge in [-0.1, -0.05) is 18.2 Å². The van der Waals surface area contributed by atoms with Crippen molar-refractivity contribution >= 4 is 23.2 Å². The SMILES string of the molecule is Cc1cccc2c1N(CC(=O)N1CC3CCC(CC3)C1)C(=O)C(N)N=C2C1CC1. The molecule has 3 aliphatic heterocycles. The van der Waals surface area contributed by atoms with Gasteiger partial charge in [0.1, 0.15) is 6.54 Å².